The van der Waals surface area contributed by atoms with Gasteiger partial charge in [0.25, 0.3) is 5.91 Å². The number of aryl methyl sites for hydroxylation is 1. The molecule has 2 aliphatic heterocycles. The summed E-state index contributed by atoms with van der Waals surface area (Å²) in [6.07, 6.45) is 0.512. The third-order valence-electron chi connectivity index (χ3n) is 5.30. The summed E-state index contributed by atoms with van der Waals surface area (Å²) in [4.78, 5) is 19.5. The van der Waals surface area contributed by atoms with Crippen molar-refractivity contribution >= 4 is 23.1 Å². The Bertz CT molecular complexity index is 1090. The van der Waals surface area contributed by atoms with E-state index in [-0.39, 0.29) is 11.2 Å². The van der Waals surface area contributed by atoms with Crippen LogP contribution in [-0.4, -0.2) is 55.5 Å². The monoisotopic (exact) mass is 406 g/mol. The number of piperazine rings is 1. The SMILES string of the molecule is Cn1cc(NC(=O)c2cnn3ccc(N4[C@@H]5CNC[C@H]4C5)nc23)c(C(F)(F)F)n1. The van der Waals surface area contributed by atoms with E-state index >= 15 is 0 Å². The molecule has 9 nitrogen and oxygen atoms in total. The van der Waals surface area contributed by atoms with Crippen LogP contribution in [0.3, 0.4) is 0 Å². The number of rotatable bonds is 3. The van der Waals surface area contributed by atoms with E-state index in [0.717, 1.165) is 36.2 Å². The van der Waals surface area contributed by atoms with E-state index in [1.54, 1.807) is 6.20 Å². The van der Waals surface area contributed by atoms with Crippen LogP contribution in [-0.2, 0) is 13.2 Å². The van der Waals surface area contributed by atoms with Crippen molar-refractivity contribution in [3.05, 3.63) is 35.9 Å². The predicted molar refractivity (Wildman–Crippen MR) is 96.7 cm³/mol. The van der Waals surface area contributed by atoms with Gasteiger partial charge in [-0.25, -0.2) is 9.50 Å². The van der Waals surface area contributed by atoms with E-state index in [0.29, 0.717) is 12.1 Å². The van der Waals surface area contributed by atoms with Gasteiger partial charge in [-0.1, -0.05) is 0 Å². The molecule has 0 aromatic carbocycles. The molecule has 2 bridgehead atoms. The number of hydrogen-bond acceptors (Lipinski definition) is 6. The van der Waals surface area contributed by atoms with Gasteiger partial charge in [0.05, 0.1) is 11.9 Å². The van der Waals surface area contributed by atoms with Gasteiger partial charge in [0.15, 0.2) is 11.3 Å². The van der Waals surface area contributed by atoms with Crippen LogP contribution in [0.5, 0.6) is 0 Å². The highest BCUT2D eigenvalue weighted by Crippen LogP contribution is 2.35. The zero-order valence-corrected chi connectivity index (χ0v) is 15.3. The van der Waals surface area contributed by atoms with Gasteiger partial charge in [0.2, 0.25) is 0 Å². The molecule has 2 atom stereocenters. The molecule has 2 N–H and O–H groups in total. The molecule has 2 saturated heterocycles. The minimum atomic E-state index is -4.68. The Morgan fingerprint density at radius 1 is 1.31 bits per heavy atom. The summed E-state index contributed by atoms with van der Waals surface area (Å²) in [5.74, 6) is 0.000721. The van der Waals surface area contributed by atoms with Crippen LogP contribution >= 0.6 is 0 Å². The number of piperidine rings is 1. The molecule has 3 aromatic rings. The lowest BCUT2D eigenvalue weighted by Crippen LogP contribution is -2.68. The molecule has 2 aliphatic rings. The second kappa shape index (κ2) is 6.17. The maximum Gasteiger partial charge on any atom is 0.437 e. The first kappa shape index (κ1) is 17.9. The summed E-state index contributed by atoms with van der Waals surface area (Å²) in [6, 6.07) is 2.54. The Labute approximate surface area is 162 Å². The van der Waals surface area contributed by atoms with E-state index in [4.69, 9.17) is 0 Å². The van der Waals surface area contributed by atoms with E-state index in [1.807, 2.05) is 6.07 Å². The highest BCUT2D eigenvalue weighted by Gasteiger charge is 2.42. The van der Waals surface area contributed by atoms with Crippen LogP contribution in [0.2, 0.25) is 0 Å². The second-order valence-corrected chi connectivity index (χ2v) is 7.24. The molecule has 0 spiro atoms. The first-order valence-corrected chi connectivity index (χ1v) is 9.07. The quantitative estimate of drug-likeness (QED) is 0.681. The topological polar surface area (TPSA) is 92.4 Å². The number of fused-ring (bicyclic) bond motifs is 3. The van der Waals surface area contributed by atoms with Gasteiger partial charge >= 0.3 is 6.18 Å². The summed E-state index contributed by atoms with van der Waals surface area (Å²) in [5, 5.41) is 13.1. The van der Waals surface area contributed by atoms with Crippen molar-refractivity contribution in [3.63, 3.8) is 0 Å². The largest absolute Gasteiger partial charge is 0.437 e. The third kappa shape index (κ3) is 2.90. The summed E-state index contributed by atoms with van der Waals surface area (Å²) in [6.45, 7) is 1.74. The number of anilines is 2. The van der Waals surface area contributed by atoms with E-state index < -0.39 is 23.5 Å². The van der Waals surface area contributed by atoms with Gasteiger partial charge in [-0.05, 0) is 12.5 Å². The number of halogens is 3. The zero-order chi connectivity index (χ0) is 20.3. The second-order valence-electron chi connectivity index (χ2n) is 7.24. The fraction of sp³-hybridized carbons (Fsp3) is 0.412. The molecule has 29 heavy (non-hydrogen) atoms. The number of nitrogens with zero attached hydrogens (tertiary/aromatic N) is 6. The molecule has 5 heterocycles. The van der Waals surface area contributed by atoms with Gasteiger partial charge in [0, 0.05) is 44.6 Å². The molecular weight excluding hydrogens is 389 g/mol. The first-order chi connectivity index (χ1) is 13.8. The molecule has 2 fully saturated rings. The standard InChI is InChI=1S/C17H17F3N8O/c1-26-8-12(14(25-26)17(18,19)20)23-16(29)11-7-22-27-3-2-13(24-15(11)27)28-9-4-10(28)6-21-5-9/h2-3,7-10,21H,4-6H2,1H3,(H,23,29)/t9-,10+. The van der Waals surface area contributed by atoms with Crippen molar-refractivity contribution < 1.29 is 18.0 Å². The van der Waals surface area contributed by atoms with Crippen LogP contribution < -0.4 is 15.5 Å². The van der Waals surface area contributed by atoms with Gasteiger partial charge in [0.1, 0.15) is 11.4 Å². The number of hydrogen-bond donors (Lipinski definition) is 2. The minimum absolute atomic E-state index is 0.0904. The van der Waals surface area contributed by atoms with E-state index in [9.17, 15) is 18.0 Å². The lowest BCUT2D eigenvalue weighted by Gasteiger charge is -2.53. The fourth-order valence-electron chi connectivity index (χ4n) is 4.00. The third-order valence-corrected chi connectivity index (χ3v) is 5.30. The van der Waals surface area contributed by atoms with Crippen LogP contribution in [0.25, 0.3) is 5.65 Å². The number of alkyl halides is 3. The van der Waals surface area contributed by atoms with E-state index in [1.165, 1.54) is 17.8 Å². The minimum Gasteiger partial charge on any atom is -0.348 e. The normalized spacial score (nSPS) is 21.3. The molecule has 0 saturated carbocycles. The molecule has 0 aliphatic carbocycles. The summed E-state index contributed by atoms with van der Waals surface area (Å²) >= 11 is 0. The van der Waals surface area contributed by atoms with Crippen molar-refractivity contribution in [1.82, 2.24) is 29.7 Å². The Kier molecular flexibility index (Phi) is 3.81. The van der Waals surface area contributed by atoms with Crippen molar-refractivity contribution in [2.45, 2.75) is 24.7 Å². The zero-order valence-electron chi connectivity index (χ0n) is 15.3. The average molecular weight is 406 g/mol. The maximum atomic E-state index is 13.1. The molecule has 3 aromatic heterocycles. The molecule has 5 rings (SSSR count). The number of nitrogens with one attached hydrogen (secondary N) is 2. The van der Waals surface area contributed by atoms with Crippen molar-refractivity contribution in [1.29, 1.82) is 0 Å². The van der Waals surface area contributed by atoms with Gasteiger partial charge in [-0.15, -0.1) is 0 Å². The van der Waals surface area contributed by atoms with Crippen LogP contribution in [0.4, 0.5) is 24.7 Å². The summed E-state index contributed by atoms with van der Waals surface area (Å²) in [5.41, 5.74) is -1.19. The first-order valence-electron chi connectivity index (χ1n) is 9.07. The Hall–Kier alpha value is -3.15. The number of amides is 1. The van der Waals surface area contributed by atoms with Gasteiger partial charge < -0.3 is 15.5 Å². The molecular formula is C17H17F3N8O. The fourth-order valence-corrected chi connectivity index (χ4v) is 4.00. The maximum absolute atomic E-state index is 13.1. The van der Waals surface area contributed by atoms with Gasteiger partial charge in [-0.2, -0.15) is 23.4 Å². The van der Waals surface area contributed by atoms with Crippen molar-refractivity contribution in [3.8, 4) is 0 Å². The summed E-state index contributed by atoms with van der Waals surface area (Å²) < 4.78 is 41.9. The van der Waals surface area contributed by atoms with Crippen molar-refractivity contribution in [2.75, 3.05) is 23.3 Å². The molecule has 1 amide bonds. The molecule has 152 valence electrons. The molecule has 0 radical (unpaired) electrons. The van der Waals surface area contributed by atoms with Crippen LogP contribution in [0, 0.1) is 0 Å². The number of aromatic nitrogens is 5. The van der Waals surface area contributed by atoms with Crippen LogP contribution in [0.15, 0.2) is 24.7 Å². The van der Waals surface area contributed by atoms with Gasteiger partial charge in [-0.3, -0.25) is 9.48 Å². The molecule has 0 unspecified atom stereocenters. The average Bonchev–Trinajstić information content (AvgIpc) is 3.25. The number of carbonyl (C=O) groups excluding carboxylic acids is 1. The summed E-state index contributed by atoms with van der Waals surface area (Å²) in [7, 11) is 1.35. The lowest BCUT2D eigenvalue weighted by atomic mass is 9.89. The Morgan fingerprint density at radius 3 is 2.76 bits per heavy atom. The lowest BCUT2D eigenvalue weighted by molar-refractivity contribution is -0.140. The molecule has 12 heteroatoms. The highest BCUT2D eigenvalue weighted by atomic mass is 19.4. The van der Waals surface area contributed by atoms with Crippen LogP contribution in [0.1, 0.15) is 22.5 Å². The highest BCUT2D eigenvalue weighted by molar-refractivity contribution is 6.08. The van der Waals surface area contributed by atoms with Crippen molar-refractivity contribution in [2.24, 2.45) is 7.05 Å². The van der Waals surface area contributed by atoms with E-state index in [2.05, 4.69) is 30.7 Å². The number of carbonyl (C=O) groups is 1. The Morgan fingerprint density at radius 2 is 2.07 bits per heavy atom. The Balaban J connectivity index is 1.46. The predicted octanol–water partition coefficient (Wildman–Crippen LogP) is 1.28. The smallest absolute Gasteiger partial charge is 0.348 e.